The second kappa shape index (κ2) is 6.49. The number of carbonyl (C=O) groups is 1. The number of rotatable bonds is 5. The molecule has 0 spiro atoms. The third kappa shape index (κ3) is 4.55. The van der Waals surface area contributed by atoms with Crippen LogP contribution in [0.25, 0.3) is 0 Å². The van der Waals surface area contributed by atoms with Crippen molar-refractivity contribution in [2.45, 2.75) is 91.0 Å². The van der Waals surface area contributed by atoms with Gasteiger partial charge in [0.05, 0.1) is 6.10 Å². The van der Waals surface area contributed by atoms with Gasteiger partial charge in [0.2, 0.25) is 5.91 Å². The predicted octanol–water partition coefficient (Wildman–Crippen LogP) is 3.43. The lowest BCUT2D eigenvalue weighted by atomic mass is 9.79. The Morgan fingerprint density at radius 2 is 1.76 bits per heavy atom. The minimum absolute atomic E-state index is 0.0364. The Morgan fingerprint density at radius 1 is 1.29 bits per heavy atom. The fraction of sp³-hybridized carbons (Fsp3) is 0.824. The standard InChI is InChI=1S/C17H32N2O2/c1-9-15(12(2)3)21-19-16(5,6)10-14(18-13(4)20)11-17(19,7)8/h14-15H,2,9-11H2,1,3-8H3,(H,18,20). The highest BCUT2D eigenvalue weighted by molar-refractivity contribution is 5.73. The summed E-state index contributed by atoms with van der Waals surface area (Å²) in [5, 5.41) is 5.19. The smallest absolute Gasteiger partial charge is 0.217 e. The van der Waals surface area contributed by atoms with Crippen LogP contribution in [0.1, 0.15) is 67.7 Å². The fourth-order valence-corrected chi connectivity index (χ4v) is 3.58. The van der Waals surface area contributed by atoms with Gasteiger partial charge in [-0.25, -0.2) is 0 Å². The van der Waals surface area contributed by atoms with Crippen LogP contribution in [0.15, 0.2) is 12.2 Å². The van der Waals surface area contributed by atoms with Crippen LogP contribution in [0, 0.1) is 0 Å². The van der Waals surface area contributed by atoms with E-state index in [1.165, 1.54) is 0 Å². The highest BCUT2D eigenvalue weighted by atomic mass is 16.7. The van der Waals surface area contributed by atoms with E-state index in [1.54, 1.807) is 6.92 Å². The highest BCUT2D eigenvalue weighted by Crippen LogP contribution is 2.39. The van der Waals surface area contributed by atoms with Crippen LogP contribution >= 0.6 is 0 Å². The molecule has 1 saturated heterocycles. The third-order valence-corrected chi connectivity index (χ3v) is 4.15. The van der Waals surface area contributed by atoms with Crippen LogP contribution < -0.4 is 5.32 Å². The number of hydroxylamine groups is 2. The first-order valence-corrected chi connectivity index (χ1v) is 7.89. The van der Waals surface area contributed by atoms with Crippen LogP contribution in [0.2, 0.25) is 0 Å². The van der Waals surface area contributed by atoms with Gasteiger partial charge in [-0.3, -0.25) is 9.63 Å². The first-order chi connectivity index (χ1) is 9.49. The number of piperidine rings is 1. The zero-order chi connectivity index (χ0) is 16.4. The summed E-state index contributed by atoms with van der Waals surface area (Å²) in [6.45, 7) is 18.4. The lowest BCUT2D eigenvalue weighted by Gasteiger charge is -2.54. The molecule has 0 saturated carbocycles. The molecule has 1 N–H and O–H groups in total. The van der Waals surface area contributed by atoms with Crippen molar-refractivity contribution < 1.29 is 9.63 Å². The van der Waals surface area contributed by atoms with Crippen molar-refractivity contribution in [3.8, 4) is 0 Å². The Morgan fingerprint density at radius 3 is 2.10 bits per heavy atom. The molecule has 4 nitrogen and oxygen atoms in total. The molecule has 0 aromatic heterocycles. The van der Waals surface area contributed by atoms with E-state index in [-0.39, 0.29) is 29.1 Å². The molecule has 122 valence electrons. The van der Waals surface area contributed by atoms with Crippen molar-refractivity contribution in [1.82, 2.24) is 10.4 Å². The second-order valence-electron chi connectivity index (χ2n) is 7.57. The van der Waals surface area contributed by atoms with E-state index in [0.29, 0.717) is 0 Å². The number of hydrogen-bond acceptors (Lipinski definition) is 3. The Labute approximate surface area is 129 Å². The van der Waals surface area contributed by atoms with Crippen molar-refractivity contribution in [2.75, 3.05) is 0 Å². The van der Waals surface area contributed by atoms with Crippen molar-refractivity contribution in [3.05, 3.63) is 12.2 Å². The maximum absolute atomic E-state index is 11.4. The summed E-state index contributed by atoms with van der Waals surface area (Å²) in [6.07, 6.45) is 2.71. The summed E-state index contributed by atoms with van der Waals surface area (Å²) >= 11 is 0. The third-order valence-electron chi connectivity index (χ3n) is 4.15. The molecule has 0 bridgehead atoms. The molecule has 1 unspecified atom stereocenters. The average Bonchev–Trinajstić information content (AvgIpc) is 2.24. The second-order valence-corrected chi connectivity index (χ2v) is 7.57. The van der Waals surface area contributed by atoms with Gasteiger partial charge in [0.1, 0.15) is 0 Å². The number of carbonyl (C=O) groups excluding carboxylic acids is 1. The number of nitrogens with one attached hydrogen (secondary N) is 1. The van der Waals surface area contributed by atoms with Gasteiger partial charge in [-0.05, 0) is 59.5 Å². The molecule has 1 aliphatic rings. The zero-order valence-corrected chi connectivity index (χ0v) is 14.7. The van der Waals surface area contributed by atoms with Crippen molar-refractivity contribution in [3.63, 3.8) is 0 Å². The van der Waals surface area contributed by atoms with E-state index in [4.69, 9.17) is 4.84 Å². The first-order valence-electron chi connectivity index (χ1n) is 7.89. The van der Waals surface area contributed by atoms with Gasteiger partial charge in [0.15, 0.2) is 0 Å². The van der Waals surface area contributed by atoms with Gasteiger partial charge in [0.25, 0.3) is 0 Å². The molecule has 1 aliphatic heterocycles. The van der Waals surface area contributed by atoms with E-state index >= 15 is 0 Å². The minimum atomic E-state index is -0.141. The fourth-order valence-electron chi connectivity index (χ4n) is 3.58. The molecular formula is C17H32N2O2. The molecule has 1 amide bonds. The average molecular weight is 296 g/mol. The van der Waals surface area contributed by atoms with Crippen LogP contribution in [-0.4, -0.2) is 34.2 Å². The maximum Gasteiger partial charge on any atom is 0.217 e. The molecule has 0 aromatic carbocycles. The van der Waals surface area contributed by atoms with Crippen LogP contribution in [0.4, 0.5) is 0 Å². The highest BCUT2D eigenvalue weighted by Gasteiger charge is 2.47. The Hall–Kier alpha value is -0.870. The van der Waals surface area contributed by atoms with E-state index in [9.17, 15) is 4.79 Å². The van der Waals surface area contributed by atoms with Gasteiger partial charge in [-0.2, -0.15) is 5.06 Å². The monoisotopic (exact) mass is 296 g/mol. The summed E-state index contributed by atoms with van der Waals surface area (Å²) in [7, 11) is 0. The molecular weight excluding hydrogens is 264 g/mol. The minimum Gasteiger partial charge on any atom is -0.353 e. The molecule has 0 aliphatic carbocycles. The van der Waals surface area contributed by atoms with Crippen molar-refractivity contribution in [1.29, 1.82) is 0 Å². The quantitative estimate of drug-likeness (QED) is 0.790. The summed E-state index contributed by atoms with van der Waals surface area (Å²) in [4.78, 5) is 17.7. The van der Waals surface area contributed by atoms with E-state index < -0.39 is 0 Å². The lowest BCUT2D eigenvalue weighted by molar-refractivity contribution is -0.300. The summed E-state index contributed by atoms with van der Waals surface area (Å²) in [6, 6.07) is 0.192. The molecule has 1 fully saturated rings. The van der Waals surface area contributed by atoms with Crippen LogP contribution in [0.3, 0.4) is 0 Å². The largest absolute Gasteiger partial charge is 0.353 e. The number of nitrogens with zero attached hydrogens (tertiary/aromatic N) is 1. The molecule has 1 atom stereocenters. The maximum atomic E-state index is 11.4. The van der Waals surface area contributed by atoms with Gasteiger partial charge in [-0.15, -0.1) is 0 Å². The molecule has 0 radical (unpaired) electrons. The van der Waals surface area contributed by atoms with Gasteiger partial charge in [-0.1, -0.05) is 13.5 Å². The van der Waals surface area contributed by atoms with Gasteiger partial charge in [0, 0.05) is 24.0 Å². The van der Waals surface area contributed by atoms with Crippen molar-refractivity contribution in [2.24, 2.45) is 0 Å². The summed E-state index contributed by atoms with van der Waals surface area (Å²) in [5.41, 5.74) is 0.767. The lowest BCUT2D eigenvalue weighted by Crippen LogP contribution is -2.64. The molecule has 4 heteroatoms. The van der Waals surface area contributed by atoms with E-state index in [0.717, 1.165) is 24.8 Å². The molecule has 1 rings (SSSR count). The van der Waals surface area contributed by atoms with Crippen LogP contribution in [0.5, 0.6) is 0 Å². The van der Waals surface area contributed by atoms with E-state index in [1.807, 2.05) is 6.92 Å². The molecule has 21 heavy (non-hydrogen) atoms. The summed E-state index contributed by atoms with van der Waals surface area (Å²) in [5.74, 6) is 0.0364. The number of amides is 1. The normalized spacial score (nSPS) is 23.6. The number of hydrogen-bond donors (Lipinski definition) is 1. The molecule has 1 heterocycles. The Balaban J connectivity index is 2.94. The van der Waals surface area contributed by atoms with E-state index in [2.05, 4.69) is 51.6 Å². The Bertz CT molecular complexity index is 384. The zero-order valence-electron chi connectivity index (χ0n) is 14.7. The predicted molar refractivity (Wildman–Crippen MR) is 86.8 cm³/mol. The Kier molecular flexibility index (Phi) is 5.62. The SMILES string of the molecule is C=C(C)C(CC)ON1C(C)(C)CC(NC(C)=O)CC1(C)C. The van der Waals surface area contributed by atoms with Gasteiger partial charge >= 0.3 is 0 Å². The first kappa shape index (κ1) is 18.2. The van der Waals surface area contributed by atoms with Gasteiger partial charge < -0.3 is 5.32 Å². The topological polar surface area (TPSA) is 41.6 Å². The van der Waals surface area contributed by atoms with Crippen molar-refractivity contribution >= 4 is 5.91 Å². The molecule has 0 aromatic rings. The van der Waals surface area contributed by atoms with Crippen LogP contribution in [-0.2, 0) is 9.63 Å². The summed E-state index contributed by atoms with van der Waals surface area (Å²) < 4.78 is 0.